The molecular weight excluding hydrogens is 268 g/mol. The first-order valence-electron chi connectivity index (χ1n) is 6.72. The highest BCUT2D eigenvalue weighted by Gasteiger charge is 2.02. The number of aromatic nitrogens is 2. The Morgan fingerprint density at radius 2 is 2.00 bits per heavy atom. The van der Waals surface area contributed by atoms with Gasteiger partial charge < -0.3 is 10.6 Å². The van der Waals surface area contributed by atoms with Crippen molar-refractivity contribution >= 4 is 23.0 Å². The first-order valence-corrected chi connectivity index (χ1v) is 7.12. The first kappa shape index (κ1) is 14.5. The third-order valence-electron chi connectivity index (χ3n) is 3.21. The van der Waals surface area contributed by atoms with Gasteiger partial charge >= 0.3 is 0 Å². The molecule has 2 N–H and O–H groups in total. The first-order chi connectivity index (χ1) is 9.58. The Bertz CT molecular complexity index is 567. The van der Waals surface area contributed by atoms with E-state index >= 15 is 0 Å². The van der Waals surface area contributed by atoms with Gasteiger partial charge in [-0.1, -0.05) is 19.1 Å². The van der Waals surface area contributed by atoms with Crippen LogP contribution in [0.2, 0.25) is 0 Å². The van der Waals surface area contributed by atoms with Crippen molar-refractivity contribution in [2.24, 2.45) is 7.05 Å². The Kier molecular flexibility index (Phi) is 4.74. The average Bonchev–Trinajstić information content (AvgIpc) is 2.76. The molecule has 0 amide bonds. The Balaban J connectivity index is 1.85. The molecule has 2 aromatic rings. The maximum Gasteiger partial charge on any atom is 0.171 e. The van der Waals surface area contributed by atoms with Gasteiger partial charge in [0, 0.05) is 18.4 Å². The van der Waals surface area contributed by atoms with Crippen LogP contribution in [0.5, 0.6) is 0 Å². The molecule has 1 aromatic heterocycles. The maximum absolute atomic E-state index is 5.28. The Morgan fingerprint density at radius 1 is 1.30 bits per heavy atom. The number of aryl methyl sites for hydroxylation is 3. The summed E-state index contributed by atoms with van der Waals surface area (Å²) in [5.74, 6) is 0. The molecule has 0 bridgehead atoms. The van der Waals surface area contributed by atoms with Crippen molar-refractivity contribution in [2.45, 2.75) is 26.8 Å². The molecule has 0 saturated carbocycles. The number of nitrogens with one attached hydrogen (secondary N) is 2. The van der Waals surface area contributed by atoms with Gasteiger partial charge in [0.15, 0.2) is 5.11 Å². The van der Waals surface area contributed by atoms with Crippen LogP contribution in [-0.4, -0.2) is 14.9 Å². The average molecular weight is 288 g/mol. The number of thiocarbonyl (C=S) groups is 1. The molecule has 0 atom stereocenters. The molecule has 0 saturated heterocycles. The number of hydrogen-bond acceptors (Lipinski definition) is 2. The highest BCUT2D eigenvalue weighted by molar-refractivity contribution is 7.80. The van der Waals surface area contributed by atoms with Crippen LogP contribution in [0.15, 0.2) is 30.3 Å². The second-order valence-corrected chi connectivity index (χ2v) is 5.17. The molecule has 0 aliphatic heterocycles. The van der Waals surface area contributed by atoms with Crippen LogP contribution in [0.4, 0.5) is 5.69 Å². The summed E-state index contributed by atoms with van der Waals surface area (Å²) in [5, 5.41) is 11.3. The number of anilines is 1. The quantitative estimate of drug-likeness (QED) is 0.849. The molecule has 0 aliphatic rings. The fourth-order valence-corrected chi connectivity index (χ4v) is 2.08. The predicted molar refractivity (Wildman–Crippen MR) is 86.8 cm³/mol. The smallest absolute Gasteiger partial charge is 0.171 e. The molecule has 0 spiro atoms. The number of hydrogen-bond donors (Lipinski definition) is 2. The van der Waals surface area contributed by atoms with Crippen molar-refractivity contribution in [3.05, 3.63) is 47.3 Å². The molecule has 106 valence electrons. The van der Waals surface area contributed by atoms with Gasteiger partial charge in [-0.3, -0.25) is 4.68 Å². The second kappa shape index (κ2) is 6.52. The molecule has 1 heterocycles. The monoisotopic (exact) mass is 288 g/mol. The Labute approximate surface area is 125 Å². The van der Waals surface area contributed by atoms with Gasteiger partial charge in [-0.2, -0.15) is 5.10 Å². The van der Waals surface area contributed by atoms with Crippen LogP contribution in [-0.2, 0) is 20.0 Å². The van der Waals surface area contributed by atoms with Crippen molar-refractivity contribution in [1.29, 1.82) is 0 Å². The van der Waals surface area contributed by atoms with E-state index < -0.39 is 0 Å². The lowest BCUT2D eigenvalue weighted by Crippen LogP contribution is -2.28. The van der Waals surface area contributed by atoms with E-state index in [-0.39, 0.29) is 0 Å². The summed E-state index contributed by atoms with van der Waals surface area (Å²) >= 11 is 5.28. The Hall–Kier alpha value is -1.88. The van der Waals surface area contributed by atoms with E-state index in [4.69, 9.17) is 12.2 Å². The molecule has 4 nitrogen and oxygen atoms in total. The number of rotatable bonds is 4. The Morgan fingerprint density at radius 3 is 2.55 bits per heavy atom. The standard InChI is InChI=1S/C15H20N4S/c1-4-12-5-7-13(8-6-12)17-15(20)16-10-14-9-11(2)19(3)18-14/h5-9H,4,10H2,1-3H3,(H2,16,17,20). The van der Waals surface area contributed by atoms with E-state index in [9.17, 15) is 0 Å². The minimum atomic E-state index is 0.609. The molecule has 0 radical (unpaired) electrons. The van der Waals surface area contributed by atoms with Gasteiger partial charge in [0.2, 0.25) is 0 Å². The minimum Gasteiger partial charge on any atom is -0.357 e. The third kappa shape index (κ3) is 3.81. The molecular formula is C15H20N4S. The van der Waals surface area contributed by atoms with Crippen LogP contribution in [0.3, 0.4) is 0 Å². The summed E-state index contributed by atoms with van der Waals surface area (Å²) in [5.41, 5.74) is 4.43. The molecule has 5 heteroatoms. The van der Waals surface area contributed by atoms with Crippen LogP contribution in [0.1, 0.15) is 23.9 Å². The van der Waals surface area contributed by atoms with Crippen molar-refractivity contribution in [2.75, 3.05) is 5.32 Å². The second-order valence-electron chi connectivity index (χ2n) is 4.76. The normalized spacial score (nSPS) is 10.3. The largest absolute Gasteiger partial charge is 0.357 e. The highest BCUT2D eigenvalue weighted by Crippen LogP contribution is 2.09. The molecule has 0 aliphatic carbocycles. The fourth-order valence-electron chi connectivity index (χ4n) is 1.89. The summed E-state index contributed by atoms with van der Waals surface area (Å²) < 4.78 is 1.86. The SMILES string of the molecule is CCc1ccc(NC(=S)NCc2cc(C)n(C)n2)cc1. The van der Waals surface area contributed by atoms with Gasteiger partial charge in [-0.05, 0) is 49.3 Å². The van der Waals surface area contributed by atoms with Gasteiger partial charge in [0.05, 0.1) is 12.2 Å². The van der Waals surface area contributed by atoms with Crippen LogP contribution in [0.25, 0.3) is 0 Å². The van der Waals surface area contributed by atoms with E-state index in [1.54, 1.807) is 0 Å². The highest BCUT2D eigenvalue weighted by atomic mass is 32.1. The van der Waals surface area contributed by atoms with Crippen molar-refractivity contribution in [3.8, 4) is 0 Å². The van der Waals surface area contributed by atoms with Gasteiger partial charge in [0.25, 0.3) is 0 Å². The van der Waals surface area contributed by atoms with E-state index in [0.717, 1.165) is 23.5 Å². The molecule has 20 heavy (non-hydrogen) atoms. The number of benzene rings is 1. The molecule has 2 rings (SSSR count). The molecule has 1 aromatic carbocycles. The van der Waals surface area contributed by atoms with Crippen molar-refractivity contribution < 1.29 is 0 Å². The van der Waals surface area contributed by atoms with Gasteiger partial charge in [0.1, 0.15) is 0 Å². The molecule has 0 unspecified atom stereocenters. The minimum absolute atomic E-state index is 0.609. The summed E-state index contributed by atoms with van der Waals surface area (Å²) in [7, 11) is 1.94. The summed E-state index contributed by atoms with van der Waals surface area (Å²) in [6.45, 7) is 4.80. The van der Waals surface area contributed by atoms with Crippen LogP contribution < -0.4 is 10.6 Å². The lowest BCUT2D eigenvalue weighted by molar-refractivity contribution is 0.712. The van der Waals surface area contributed by atoms with E-state index in [1.165, 1.54) is 5.56 Å². The zero-order valence-electron chi connectivity index (χ0n) is 12.1. The zero-order chi connectivity index (χ0) is 14.5. The third-order valence-corrected chi connectivity index (χ3v) is 3.46. The van der Waals surface area contributed by atoms with E-state index in [0.29, 0.717) is 11.7 Å². The van der Waals surface area contributed by atoms with E-state index in [2.05, 4.69) is 34.8 Å². The van der Waals surface area contributed by atoms with Crippen LogP contribution in [0, 0.1) is 6.92 Å². The lowest BCUT2D eigenvalue weighted by atomic mass is 10.1. The van der Waals surface area contributed by atoms with Crippen molar-refractivity contribution in [3.63, 3.8) is 0 Å². The van der Waals surface area contributed by atoms with Gasteiger partial charge in [-0.25, -0.2) is 0 Å². The summed E-state index contributed by atoms with van der Waals surface area (Å²) in [4.78, 5) is 0. The molecule has 0 fully saturated rings. The maximum atomic E-state index is 5.28. The summed E-state index contributed by atoms with van der Waals surface area (Å²) in [6, 6.07) is 10.3. The topological polar surface area (TPSA) is 41.9 Å². The summed E-state index contributed by atoms with van der Waals surface area (Å²) in [6.07, 6.45) is 1.04. The van der Waals surface area contributed by atoms with E-state index in [1.807, 2.05) is 36.9 Å². The van der Waals surface area contributed by atoms with Crippen LogP contribution >= 0.6 is 12.2 Å². The van der Waals surface area contributed by atoms with Crippen molar-refractivity contribution in [1.82, 2.24) is 15.1 Å². The fraction of sp³-hybridized carbons (Fsp3) is 0.333. The lowest BCUT2D eigenvalue weighted by Gasteiger charge is -2.09. The number of nitrogens with zero attached hydrogens (tertiary/aromatic N) is 2. The zero-order valence-corrected chi connectivity index (χ0v) is 12.9. The predicted octanol–water partition coefficient (Wildman–Crippen LogP) is 2.78. The van der Waals surface area contributed by atoms with Gasteiger partial charge in [-0.15, -0.1) is 0 Å².